The van der Waals surface area contributed by atoms with Gasteiger partial charge in [-0.05, 0) is 43.7 Å². The van der Waals surface area contributed by atoms with Gasteiger partial charge in [0.25, 0.3) is 0 Å². The fraction of sp³-hybridized carbons (Fsp3) is 0.444. The van der Waals surface area contributed by atoms with Gasteiger partial charge in [0, 0.05) is 37.9 Å². The molecule has 0 aliphatic carbocycles. The lowest BCUT2D eigenvalue weighted by molar-refractivity contribution is -0.119. The second-order valence-corrected chi connectivity index (χ2v) is 6.50. The highest BCUT2D eigenvalue weighted by atomic mass is 16.5. The molecular formula is C18H24N4O2. The van der Waals surface area contributed by atoms with Crippen LogP contribution in [0.4, 0.5) is 5.69 Å². The zero-order valence-corrected chi connectivity index (χ0v) is 14.3. The number of rotatable bonds is 5. The Hall–Kier alpha value is -2.34. The van der Waals surface area contributed by atoms with Crippen LogP contribution >= 0.6 is 0 Å². The summed E-state index contributed by atoms with van der Waals surface area (Å²) >= 11 is 0. The number of hydrogen-bond acceptors (Lipinski definition) is 4. The molecule has 0 radical (unpaired) electrons. The van der Waals surface area contributed by atoms with E-state index in [0.717, 1.165) is 23.5 Å². The average molecular weight is 328 g/mol. The van der Waals surface area contributed by atoms with E-state index in [2.05, 4.69) is 15.7 Å². The standard InChI is InChI=1S/C18H24N4O2/c1-12(2)24-15-6-4-14(5-7-15)21-18(23)17-10-19-9-16(17)13-8-20-22(3)11-13/h4-8,11-12,16-17,19H,9-10H2,1-3H3,(H,21,23)/t16-,17+/m1/s1. The highest BCUT2D eigenvalue weighted by molar-refractivity contribution is 5.93. The molecule has 6 nitrogen and oxygen atoms in total. The van der Waals surface area contributed by atoms with Crippen LogP contribution in [-0.2, 0) is 11.8 Å². The minimum absolute atomic E-state index is 0.0337. The molecule has 24 heavy (non-hydrogen) atoms. The molecule has 1 aromatic heterocycles. The molecule has 0 unspecified atom stereocenters. The van der Waals surface area contributed by atoms with Gasteiger partial charge in [-0.2, -0.15) is 5.10 Å². The first-order valence-electron chi connectivity index (χ1n) is 8.30. The first-order chi connectivity index (χ1) is 11.5. The molecule has 3 rings (SSSR count). The minimum Gasteiger partial charge on any atom is -0.491 e. The molecule has 2 aromatic rings. The number of carbonyl (C=O) groups excluding carboxylic acids is 1. The lowest BCUT2D eigenvalue weighted by Gasteiger charge is -2.17. The zero-order chi connectivity index (χ0) is 17.1. The molecule has 2 N–H and O–H groups in total. The Morgan fingerprint density at radius 2 is 2.08 bits per heavy atom. The van der Waals surface area contributed by atoms with Crippen molar-refractivity contribution in [2.45, 2.75) is 25.9 Å². The molecule has 1 amide bonds. The van der Waals surface area contributed by atoms with Gasteiger partial charge in [0.05, 0.1) is 18.2 Å². The second-order valence-electron chi connectivity index (χ2n) is 6.50. The number of amides is 1. The van der Waals surface area contributed by atoms with Gasteiger partial charge >= 0.3 is 0 Å². The van der Waals surface area contributed by atoms with Crippen molar-refractivity contribution >= 4 is 11.6 Å². The van der Waals surface area contributed by atoms with Gasteiger partial charge in [-0.1, -0.05) is 0 Å². The molecular weight excluding hydrogens is 304 g/mol. The minimum atomic E-state index is -0.0965. The van der Waals surface area contributed by atoms with Gasteiger partial charge in [-0.3, -0.25) is 9.48 Å². The number of aryl methyl sites for hydroxylation is 1. The maximum absolute atomic E-state index is 12.7. The number of ether oxygens (including phenoxy) is 1. The number of anilines is 1. The molecule has 2 heterocycles. The Balaban J connectivity index is 1.65. The Labute approximate surface area is 142 Å². The Bertz CT molecular complexity index is 693. The predicted octanol–water partition coefficient (Wildman–Crippen LogP) is 2.15. The predicted molar refractivity (Wildman–Crippen MR) is 93.1 cm³/mol. The second kappa shape index (κ2) is 7.05. The van der Waals surface area contributed by atoms with Gasteiger partial charge in [0.15, 0.2) is 0 Å². The molecule has 0 saturated carbocycles. The van der Waals surface area contributed by atoms with Crippen molar-refractivity contribution in [2.75, 3.05) is 18.4 Å². The molecule has 1 saturated heterocycles. The molecule has 1 fully saturated rings. The number of nitrogens with zero attached hydrogens (tertiary/aromatic N) is 2. The molecule has 128 valence electrons. The molecule has 0 bridgehead atoms. The van der Waals surface area contributed by atoms with Gasteiger partial charge in [-0.15, -0.1) is 0 Å². The van der Waals surface area contributed by atoms with E-state index in [1.807, 2.05) is 57.6 Å². The van der Waals surface area contributed by atoms with E-state index in [9.17, 15) is 4.79 Å². The van der Waals surface area contributed by atoms with Crippen LogP contribution in [0.3, 0.4) is 0 Å². The molecule has 0 spiro atoms. The van der Waals surface area contributed by atoms with E-state index < -0.39 is 0 Å². The van der Waals surface area contributed by atoms with Crippen molar-refractivity contribution in [1.82, 2.24) is 15.1 Å². The van der Waals surface area contributed by atoms with Crippen molar-refractivity contribution in [2.24, 2.45) is 13.0 Å². The van der Waals surface area contributed by atoms with Crippen LogP contribution in [0.2, 0.25) is 0 Å². The summed E-state index contributed by atoms with van der Waals surface area (Å²) < 4.78 is 7.39. The number of aromatic nitrogens is 2. The summed E-state index contributed by atoms with van der Waals surface area (Å²) in [6.45, 7) is 5.45. The largest absolute Gasteiger partial charge is 0.491 e. The fourth-order valence-electron chi connectivity index (χ4n) is 3.06. The Morgan fingerprint density at radius 3 is 2.71 bits per heavy atom. The number of hydrogen-bond donors (Lipinski definition) is 2. The topological polar surface area (TPSA) is 68.2 Å². The van der Waals surface area contributed by atoms with Crippen molar-refractivity contribution < 1.29 is 9.53 Å². The third-order valence-corrected chi connectivity index (χ3v) is 4.20. The summed E-state index contributed by atoms with van der Waals surface area (Å²) in [6, 6.07) is 7.50. The van der Waals surface area contributed by atoms with Crippen LogP contribution in [0.1, 0.15) is 25.3 Å². The van der Waals surface area contributed by atoms with Crippen LogP contribution in [0, 0.1) is 5.92 Å². The summed E-state index contributed by atoms with van der Waals surface area (Å²) in [7, 11) is 1.89. The maximum Gasteiger partial charge on any atom is 0.229 e. The number of benzene rings is 1. The summed E-state index contributed by atoms with van der Waals surface area (Å²) in [6.07, 6.45) is 3.96. The first-order valence-corrected chi connectivity index (χ1v) is 8.30. The van der Waals surface area contributed by atoms with E-state index in [0.29, 0.717) is 6.54 Å². The summed E-state index contributed by atoms with van der Waals surface area (Å²) in [5.74, 6) is 0.896. The fourth-order valence-corrected chi connectivity index (χ4v) is 3.06. The molecule has 6 heteroatoms. The van der Waals surface area contributed by atoms with Crippen LogP contribution in [-0.4, -0.2) is 34.9 Å². The lowest BCUT2D eigenvalue weighted by Crippen LogP contribution is -2.28. The Morgan fingerprint density at radius 1 is 1.33 bits per heavy atom. The highest BCUT2D eigenvalue weighted by Gasteiger charge is 2.34. The highest BCUT2D eigenvalue weighted by Crippen LogP contribution is 2.29. The summed E-state index contributed by atoms with van der Waals surface area (Å²) in [5, 5.41) is 10.5. The van der Waals surface area contributed by atoms with E-state index >= 15 is 0 Å². The SMILES string of the molecule is CC(C)Oc1ccc(NC(=O)[C@H]2CNC[C@@H]2c2cnn(C)c2)cc1. The van der Waals surface area contributed by atoms with Crippen molar-refractivity contribution in [3.63, 3.8) is 0 Å². The average Bonchev–Trinajstić information content (AvgIpc) is 3.17. The van der Waals surface area contributed by atoms with Gasteiger partial charge in [0.2, 0.25) is 5.91 Å². The smallest absolute Gasteiger partial charge is 0.229 e. The summed E-state index contributed by atoms with van der Waals surface area (Å²) in [5.41, 5.74) is 1.89. The van der Waals surface area contributed by atoms with Gasteiger partial charge < -0.3 is 15.4 Å². The third kappa shape index (κ3) is 3.76. The molecule has 2 atom stereocenters. The normalized spacial score (nSPS) is 20.3. The van der Waals surface area contributed by atoms with E-state index in [4.69, 9.17) is 4.74 Å². The Kier molecular flexibility index (Phi) is 4.85. The van der Waals surface area contributed by atoms with Crippen LogP contribution in [0.15, 0.2) is 36.7 Å². The van der Waals surface area contributed by atoms with Crippen LogP contribution in [0.5, 0.6) is 5.75 Å². The van der Waals surface area contributed by atoms with Crippen molar-refractivity contribution in [3.05, 3.63) is 42.2 Å². The maximum atomic E-state index is 12.7. The van der Waals surface area contributed by atoms with E-state index in [1.165, 1.54) is 0 Å². The quantitative estimate of drug-likeness (QED) is 0.882. The molecule has 1 aromatic carbocycles. The van der Waals surface area contributed by atoms with Crippen molar-refractivity contribution in [1.29, 1.82) is 0 Å². The first kappa shape index (κ1) is 16.5. The molecule has 1 aliphatic heterocycles. The number of nitrogens with one attached hydrogen (secondary N) is 2. The monoisotopic (exact) mass is 328 g/mol. The van der Waals surface area contributed by atoms with Crippen LogP contribution < -0.4 is 15.4 Å². The van der Waals surface area contributed by atoms with Crippen molar-refractivity contribution in [3.8, 4) is 5.75 Å². The zero-order valence-electron chi connectivity index (χ0n) is 14.3. The number of carbonyl (C=O) groups is 1. The van der Waals surface area contributed by atoms with Crippen LogP contribution in [0.25, 0.3) is 0 Å². The summed E-state index contributed by atoms with van der Waals surface area (Å²) in [4.78, 5) is 12.7. The third-order valence-electron chi connectivity index (χ3n) is 4.20. The molecule has 1 aliphatic rings. The van der Waals surface area contributed by atoms with E-state index in [1.54, 1.807) is 4.68 Å². The van der Waals surface area contributed by atoms with Gasteiger partial charge in [0.1, 0.15) is 5.75 Å². The lowest BCUT2D eigenvalue weighted by atomic mass is 9.90. The van der Waals surface area contributed by atoms with E-state index in [-0.39, 0.29) is 23.8 Å². The van der Waals surface area contributed by atoms with Gasteiger partial charge in [-0.25, -0.2) is 0 Å².